The lowest BCUT2D eigenvalue weighted by molar-refractivity contribution is 0.829. The van der Waals surface area contributed by atoms with E-state index in [9.17, 15) is 0 Å². The van der Waals surface area contributed by atoms with Crippen LogP contribution >= 0.6 is 0 Å². The number of unbranched alkanes of at least 4 members (excludes halogenated alkanes) is 1. The van der Waals surface area contributed by atoms with Gasteiger partial charge >= 0.3 is 0 Å². The summed E-state index contributed by atoms with van der Waals surface area (Å²) in [6.07, 6.45) is 14.4. The van der Waals surface area contributed by atoms with Gasteiger partial charge in [0.15, 0.2) is 0 Å². The summed E-state index contributed by atoms with van der Waals surface area (Å²) in [7, 11) is -8.16. The van der Waals surface area contributed by atoms with Gasteiger partial charge in [0.1, 0.15) is 8.07 Å². The van der Waals surface area contributed by atoms with Gasteiger partial charge in [0, 0.05) is 56.9 Å². The van der Waals surface area contributed by atoms with Crippen molar-refractivity contribution in [1.29, 1.82) is 0 Å². The van der Waals surface area contributed by atoms with Crippen LogP contribution in [0.1, 0.15) is 126 Å². The monoisotopic (exact) mass is 1450 g/mol. The van der Waals surface area contributed by atoms with Gasteiger partial charge in [-0.05, 0) is 164 Å². The van der Waals surface area contributed by atoms with Gasteiger partial charge < -0.3 is 13.7 Å². The first-order chi connectivity index (χ1) is 47.6. The molecule has 0 unspecified atom stereocenters. The van der Waals surface area contributed by atoms with Gasteiger partial charge in [0.05, 0.1) is 57.4 Å². The highest BCUT2D eigenvalue weighted by atomic mass is 28.3. The molecule has 0 radical (unpaired) electrons. The Morgan fingerprint density at radius 1 is 0.317 bits per heavy atom. The normalized spacial score (nSPS) is 11.7. The fraction of sp³-hybridized carbons (Fsp3) is 0.427. The molecule has 0 fully saturated rings. The molecule has 0 N–H and O–H groups in total. The molecule has 0 aliphatic rings. The number of rotatable bonds is 22. The lowest BCUT2D eigenvalue weighted by Crippen LogP contribution is -2.56. The second-order valence-corrected chi connectivity index (χ2v) is 62.7. The first-order valence-electron chi connectivity index (χ1n) is 38.0. The zero-order valence-corrected chi connectivity index (χ0v) is 74.2. The van der Waals surface area contributed by atoms with E-state index in [4.69, 9.17) is 0 Å². The maximum Gasteiger partial charge on any atom is 0.129 e. The zero-order chi connectivity index (χ0) is 75.4. The minimum atomic E-state index is -1.48. The van der Waals surface area contributed by atoms with Crippen molar-refractivity contribution in [2.24, 2.45) is 15.2 Å². The topological polar surface area (TPSA) is 51.9 Å². The molecule has 3 aromatic heterocycles. The Morgan fingerprint density at radius 3 is 0.901 bits per heavy atom. The zero-order valence-electron chi connectivity index (χ0n) is 68.2. The van der Waals surface area contributed by atoms with Crippen molar-refractivity contribution >= 4 is 98.4 Å². The van der Waals surface area contributed by atoms with E-state index in [0.717, 1.165) is 23.5 Å². The van der Waals surface area contributed by atoms with Crippen LogP contribution in [0.5, 0.6) is 0 Å². The van der Waals surface area contributed by atoms with Crippen LogP contribution in [0.4, 0.5) is 17.1 Å². The van der Waals surface area contributed by atoms with E-state index in [1.54, 1.807) is 54.3 Å². The molecule has 12 heteroatoms. The Balaban J connectivity index is 0.000000268. The van der Waals surface area contributed by atoms with Crippen LogP contribution in [0.3, 0.4) is 0 Å². The van der Waals surface area contributed by atoms with Crippen LogP contribution in [0, 0.1) is 25.3 Å². The third-order valence-corrected chi connectivity index (χ3v) is 28.6. The number of azo groups is 1. The van der Waals surface area contributed by atoms with Gasteiger partial charge in [-0.2, -0.15) is 10.2 Å². The van der Waals surface area contributed by atoms with Gasteiger partial charge in [-0.1, -0.05) is 301 Å². The average molecular weight is 1460 g/mol. The summed E-state index contributed by atoms with van der Waals surface area (Å²) in [4.78, 5) is 3.72. The number of hydrogen-bond acceptors (Lipinski definition) is 3. The fourth-order valence-corrected chi connectivity index (χ4v) is 27.4. The van der Waals surface area contributed by atoms with E-state index >= 15 is 0 Å². The molecule has 101 heavy (non-hydrogen) atoms. The largest absolute Gasteiger partial charge is 0.326 e. The molecule has 0 amide bonds. The second-order valence-electron chi connectivity index (χ2n) is 33.0. The Morgan fingerprint density at radius 2 is 0.614 bits per heavy atom. The van der Waals surface area contributed by atoms with E-state index in [2.05, 4.69) is 311 Å². The summed E-state index contributed by atoms with van der Waals surface area (Å²) in [6, 6.07) is 62.0. The van der Waals surface area contributed by atoms with Crippen LogP contribution in [0.2, 0.25) is 118 Å². The summed E-state index contributed by atoms with van der Waals surface area (Å²) in [5, 5.41) is 16.8. The van der Waals surface area contributed by atoms with Crippen molar-refractivity contribution in [2.45, 2.75) is 250 Å². The quantitative estimate of drug-likeness (QED) is 0.0281. The van der Waals surface area contributed by atoms with Gasteiger partial charge in [-0.3, -0.25) is 4.99 Å². The van der Waals surface area contributed by atoms with E-state index in [-0.39, 0.29) is 0 Å². The van der Waals surface area contributed by atoms with Crippen LogP contribution in [0.25, 0.3) is 17.1 Å². The Bertz CT molecular complexity index is 3880. The van der Waals surface area contributed by atoms with Crippen molar-refractivity contribution in [3.05, 3.63) is 221 Å². The minimum Gasteiger partial charge on any atom is -0.326 e. The van der Waals surface area contributed by atoms with E-state index in [1.807, 2.05) is 91.0 Å². The number of aromatic nitrogens is 3. The highest BCUT2D eigenvalue weighted by Crippen LogP contribution is 2.28. The molecule has 0 bridgehead atoms. The van der Waals surface area contributed by atoms with Gasteiger partial charge in [0.25, 0.3) is 0 Å². The fourth-order valence-electron chi connectivity index (χ4n) is 13.7. The lowest BCUT2D eigenvalue weighted by atomic mass is 10.1. The van der Waals surface area contributed by atoms with E-state index in [0.29, 0.717) is 0 Å². The summed E-state index contributed by atoms with van der Waals surface area (Å²) < 4.78 is 7.83. The predicted octanol–water partition coefficient (Wildman–Crippen LogP) is 24.3. The lowest BCUT2D eigenvalue weighted by Gasteiger charge is -2.27. The first kappa shape index (κ1) is 86.7. The first-order valence-corrected chi connectivity index (χ1v) is 59.0. The number of aliphatic imine (C=N–C) groups is 1. The Labute approximate surface area is 623 Å². The maximum atomic E-state index is 4.10. The molecule has 9 aromatic rings. The third kappa shape index (κ3) is 26.5. The van der Waals surface area contributed by atoms with Crippen LogP contribution in [-0.2, 0) is 32.1 Å². The van der Waals surface area contributed by atoms with Crippen molar-refractivity contribution in [3.8, 4) is 28.5 Å². The third-order valence-electron chi connectivity index (χ3n) is 17.3. The number of benzene rings is 6. The molecule has 0 aliphatic carbocycles. The average Bonchev–Trinajstić information content (AvgIpc) is 1.60. The van der Waals surface area contributed by atoms with Crippen LogP contribution in [0.15, 0.2) is 197 Å². The molecule has 0 aliphatic heterocycles. The summed E-state index contributed by atoms with van der Waals surface area (Å²) in [5.74, 6) is 3.19. The van der Waals surface area contributed by atoms with Crippen LogP contribution < -0.4 is 26.2 Å². The maximum absolute atomic E-state index is 4.10. The molecule has 544 valence electrons. The molecular weight excluding hydrogens is 1320 g/mol. The second kappa shape index (κ2) is 41.0. The van der Waals surface area contributed by atoms with Gasteiger partial charge in [-0.25, -0.2) is 0 Å². The molecule has 0 saturated heterocycles. The van der Waals surface area contributed by atoms with Crippen molar-refractivity contribution in [2.75, 3.05) is 0 Å². The molecule has 6 nitrogen and oxygen atoms in total. The van der Waals surface area contributed by atoms with Crippen molar-refractivity contribution in [1.82, 2.24) is 13.7 Å². The van der Waals surface area contributed by atoms with Crippen molar-refractivity contribution in [3.63, 3.8) is 0 Å². The molecule has 6 aromatic carbocycles. The Kier molecular flexibility index (Phi) is 35.2. The molecule has 9 rings (SSSR count). The molecular formula is C89H134N6Si6. The highest BCUT2D eigenvalue weighted by molar-refractivity contribution is 6.99. The highest BCUT2D eigenvalue weighted by Gasteiger charge is 2.37. The predicted molar refractivity (Wildman–Crippen MR) is 470 cm³/mol. The van der Waals surface area contributed by atoms with E-state index in [1.165, 1.54) is 99.1 Å². The molecule has 0 spiro atoms. The SMILES string of the molecule is C=Nc1ccccc1.CCCC#C[Si](C)(C)C.CCCc1c(CCC)c([Si](C)(C)C)n(-c2ccccc2)c1[Si](C)(C)C.CCCc1c([Si](C)(C)C)c(CCC)n(-c2ccccc2)c1C.CCCc1c([Si](C)(C)C)c([Si](C)(C)C)c(C)n1-c1ccccc1.c1ccc(N=Nc2ccccc2)cc1. The standard InChI is InChI=1S/C22H37NSi2.C20H33NSi2.C20H31NSi.C12H10N2.C8H16Si.C7H7N/c1-9-14-19-20(15-10-2)22(25(6,7)8)23(21(19)24(3,4)5)18-16-12-11-13-17-18;1-9-13-18-20(23(6,7)8)19(22(3,4)5)16(2)21(18)17-14-11-10-12-15-17;1-7-12-18-16(3)21(17-14-10-9-11-15-17)19(13-8-2)20(18)22(4,5)6;1-3-7-11(8-4-1)13-14-12-9-5-2-6-10-12;1-5-6-7-8-9(2,3)4;1-8-7-5-3-2-4-6-7/h11-13,16-17H,9-10,14-15H2,1-8H3;10-12,14-15H,9,13H2,1-8H3;9-11,14-15H,7-8,12-13H2,1-6H3;1-10H;5-6H2,1-4H3;2-6H,1H2. The smallest absolute Gasteiger partial charge is 0.129 e. The molecule has 3 heterocycles. The van der Waals surface area contributed by atoms with Gasteiger partial charge in [0.2, 0.25) is 0 Å². The van der Waals surface area contributed by atoms with E-state index < -0.39 is 48.4 Å². The Hall–Kier alpha value is -6.71. The number of hydrogen-bond donors (Lipinski definition) is 0. The number of para-hydroxylation sites is 4. The summed E-state index contributed by atoms with van der Waals surface area (Å²) in [5.41, 5.74) is 21.2. The molecule has 0 saturated carbocycles. The summed E-state index contributed by atoms with van der Waals surface area (Å²) >= 11 is 0. The van der Waals surface area contributed by atoms with Crippen molar-refractivity contribution < 1.29 is 0 Å². The minimum absolute atomic E-state index is 0.872. The number of nitrogens with zero attached hydrogens (tertiary/aromatic N) is 6. The summed E-state index contributed by atoms with van der Waals surface area (Å²) in [6.45, 7) is 66.3. The van der Waals surface area contributed by atoms with Crippen LogP contribution in [-0.4, -0.2) is 68.9 Å². The van der Waals surface area contributed by atoms with Gasteiger partial charge in [-0.15, -0.1) is 11.5 Å². The molecule has 0 atom stereocenters.